The molecule has 7 heteroatoms. The molecular weight excluding hydrogens is 296 g/mol. The Hall–Kier alpha value is -2.70. The minimum Gasteiger partial charge on any atom is -0.476 e. The molecule has 0 bridgehead atoms. The molecule has 2 aromatic rings. The highest BCUT2D eigenvalue weighted by molar-refractivity contribution is 5.84. The van der Waals surface area contributed by atoms with Gasteiger partial charge in [0.2, 0.25) is 5.91 Å². The second-order valence-corrected chi connectivity index (χ2v) is 5.58. The average molecular weight is 316 g/mol. The number of benzene rings is 1. The van der Waals surface area contributed by atoms with Gasteiger partial charge in [-0.3, -0.25) is 4.79 Å². The number of carboxylic acids is 1. The summed E-state index contributed by atoms with van der Waals surface area (Å²) in [6.07, 6.45) is 1.98. The lowest BCUT2D eigenvalue weighted by Gasteiger charge is -2.12. The Bertz CT molecular complexity index is 714. The number of hydrogen-bond acceptors (Lipinski definition) is 4. The summed E-state index contributed by atoms with van der Waals surface area (Å²) < 4.78 is 1.21. The second kappa shape index (κ2) is 7.04. The fourth-order valence-corrected chi connectivity index (χ4v) is 2.61. The van der Waals surface area contributed by atoms with E-state index < -0.39 is 5.97 Å². The van der Waals surface area contributed by atoms with Gasteiger partial charge in [-0.15, -0.1) is 5.10 Å². The van der Waals surface area contributed by atoms with Gasteiger partial charge in [-0.05, 0) is 43.9 Å². The number of rotatable bonds is 6. The lowest BCUT2D eigenvalue weighted by atomic mass is 9.97. The Morgan fingerprint density at radius 1 is 1.22 bits per heavy atom. The largest absolute Gasteiger partial charge is 0.476 e. The predicted molar refractivity (Wildman–Crippen MR) is 84.3 cm³/mol. The maximum atomic E-state index is 11.9. The van der Waals surface area contributed by atoms with Crippen molar-refractivity contribution in [1.29, 1.82) is 0 Å². The molecule has 0 aliphatic carbocycles. The molecule has 0 atom stereocenters. The Morgan fingerprint density at radius 2 is 1.87 bits per heavy atom. The van der Waals surface area contributed by atoms with Crippen LogP contribution in [0, 0.1) is 20.8 Å². The molecule has 0 saturated heterocycles. The monoisotopic (exact) mass is 316 g/mol. The first kappa shape index (κ1) is 16.7. The van der Waals surface area contributed by atoms with E-state index in [1.807, 2.05) is 0 Å². The van der Waals surface area contributed by atoms with E-state index >= 15 is 0 Å². The fourth-order valence-electron chi connectivity index (χ4n) is 2.61. The van der Waals surface area contributed by atoms with Gasteiger partial charge in [-0.25, -0.2) is 9.48 Å². The molecule has 1 amide bonds. The topological polar surface area (TPSA) is 97.1 Å². The van der Waals surface area contributed by atoms with Crippen LogP contribution in [-0.2, 0) is 17.8 Å². The number of carboxylic acid groups (broad SMARTS) is 1. The first-order chi connectivity index (χ1) is 10.9. The van der Waals surface area contributed by atoms with Gasteiger partial charge in [0, 0.05) is 6.54 Å². The summed E-state index contributed by atoms with van der Waals surface area (Å²) in [6, 6.07) is 4.26. The van der Waals surface area contributed by atoms with Crippen LogP contribution >= 0.6 is 0 Å². The standard InChI is InChI=1S/C16H20N4O3/c1-10-6-11(2)13(12(3)7-10)4-5-17-15(21)9-20-8-14(16(22)23)18-19-20/h6-8H,4-5,9H2,1-3H3,(H,17,21)(H,22,23). The number of hydrogen-bond donors (Lipinski definition) is 2. The highest BCUT2D eigenvalue weighted by atomic mass is 16.4. The summed E-state index contributed by atoms with van der Waals surface area (Å²) in [5.41, 5.74) is 4.74. The van der Waals surface area contributed by atoms with Crippen molar-refractivity contribution in [3.05, 3.63) is 46.3 Å². The number of aromatic nitrogens is 3. The number of carbonyl (C=O) groups is 2. The molecule has 2 N–H and O–H groups in total. The van der Waals surface area contributed by atoms with Crippen molar-refractivity contribution in [2.45, 2.75) is 33.7 Å². The van der Waals surface area contributed by atoms with Gasteiger partial charge in [0.05, 0.1) is 6.20 Å². The predicted octanol–water partition coefficient (Wildman–Crippen LogP) is 1.26. The van der Waals surface area contributed by atoms with Crippen molar-refractivity contribution >= 4 is 11.9 Å². The van der Waals surface area contributed by atoms with Crippen molar-refractivity contribution < 1.29 is 14.7 Å². The lowest BCUT2D eigenvalue weighted by molar-refractivity contribution is -0.121. The third kappa shape index (κ3) is 4.38. The molecule has 122 valence electrons. The summed E-state index contributed by atoms with van der Waals surface area (Å²) in [6.45, 7) is 6.67. The molecule has 1 aromatic carbocycles. The Kier molecular flexibility index (Phi) is 5.10. The zero-order valence-electron chi connectivity index (χ0n) is 13.5. The van der Waals surface area contributed by atoms with Gasteiger partial charge in [-0.2, -0.15) is 0 Å². The van der Waals surface area contributed by atoms with E-state index in [1.165, 1.54) is 33.1 Å². The van der Waals surface area contributed by atoms with E-state index in [9.17, 15) is 9.59 Å². The molecule has 23 heavy (non-hydrogen) atoms. The summed E-state index contributed by atoms with van der Waals surface area (Å²) in [5, 5.41) is 18.6. The summed E-state index contributed by atoms with van der Waals surface area (Å²) >= 11 is 0. The minimum atomic E-state index is -1.16. The van der Waals surface area contributed by atoms with Crippen molar-refractivity contribution in [3.8, 4) is 0 Å². The molecule has 7 nitrogen and oxygen atoms in total. The number of aryl methyl sites for hydroxylation is 3. The zero-order valence-corrected chi connectivity index (χ0v) is 13.5. The first-order valence-electron chi connectivity index (χ1n) is 7.33. The highest BCUT2D eigenvalue weighted by Crippen LogP contribution is 2.16. The summed E-state index contributed by atoms with van der Waals surface area (Å²) in [5.74, 6) is -1.39. The van der Waals surface area contributed by atoms with Crippen LogP contribution < -0.4 is 5.32 Å². The van der Waals surface area contributed by atoms with E-state index in [4.69, 9.17) is 5.11 Å². The van der Waals surface area contributed by atoms with Crippen LogP contribution in [0.4, 0.5) is 0 Å². The minimum absolute atomic E-state index is 0.0495. The molecule has 1 aromatic heterocycles. The molecule has 0 saturated carbocycles. The number of amides is 1. The molecule has 0 fully saturated rings. The fraction of sp³-hybridized carbons (Fsp3) is 0.375. The molecule has 0 aliphatic rings. The Morgan fingerprint density at radius 3 is 2.43 bits per heavy atom. The van der Waals surface area contributed by atoms with E-state index in [0.717, 1.165) is 6.42 Å². The van der Waals surface area contributed by atoms with Crippen LogP contribution in [0.25, 0.3) is 0 Å². The lowest BCUT2D eigenvalue weighted by Crippen LogP contribution is -2.29. The number of carbonyl (C=O) groups excluding carboxylic acids is 1. The van der Waals surface area contributed by atoms with Crippen LogP contribution in [-0.4, -0.2) is 38.5 Å². The summed E-state index contributed by atoms with van der Waals surface area (Å²) in [7, 11) is 0. The van der Waals surface area contributed by atoms with E-state index in [1.54, 1.807) is 0 Å². The molecule has 0 spiro atoms. The third-order valence-corrected chi connectivity index (χ3v) is 3.60. The number of nitrogens with one attached hydrogen (secondary N) is 1. The second-order valence-electron chi connectivity index (χ2n) is 5.58. The molecule has 0 unspecified atom stereocenters. The van der Waals surface area contributed by atoms with E-state index in [-0.39, 0.29) is 18.1 Å². The van der Waals surface area contributed by atoms with Gasteiger partial charge < -0.3 is 10.4 Å². The molecule has 1 heterocycles. The van der Waals surface area contributed by atoms with Crippen LogP contribution in [0.1, 0.15) is 32.7 Å². The third-order valence-electron chi connectivity index (χ3n) is 3.60. The van der Waals surface area contributed by atoms with Crippen molar-refractivity contribution in [3.63, 3.8) is 0 Å². The van der Waals surface area contributed by atoms with E-state index in [0.29, 0.717) is 6.54 Å². The van der Waals surface area contributed by atoms with Crippen LogP contribution in [0.2, 0.25) is 0 Å². The van der Waals surface area contributed by atoms with Crippen molar-refractivity contribution in [2.24, 2.45) is 0 Å². The summed E-state index contributed by atoms with van der Waals surface area (Å²) in [4.78, 5) is 22.6. The van der Waals surface area contributed by atoms with Gasteiger partial charge in [-0.1, -0.05) is 22.9 Å². The maximum absolute atomic E-state index is 11.9. The highest BCUT2D eigenvalue weighted by Gasteiger charge is 2.11. The van der Waals surface area contributed by atoms with E-state index in [2.05, 4.69) is 48.5 Å². The first-order valence-corrected chi connectivity index (χ1v) is 7.33. The SMILES string of the molecule is Cc1cc(C)c(CCNC(=O)Cn2cc(C(=O)O)nn2)c(C)c1. The van der Waals surface area contributed by atoms with Crippen LogP contribution in [0.5, 0.6) is 0 Å². The zero-order chi connectivity index (χ0) is 17.0. The average Bonchev–Trinajstić information content (AvgIpc) is 2.90. The van der Waals surface area contributed by atoms with Gasteiger partial charge in [0.25, 0.3) is 0 Å². The van der Waals surface area contributed by atoms with Gasteiger partial charge >= 0.3 is 5.97 Å². The molecule has 0 radical (unpaired) electrons. The maximum Gasteiger partial charge on any atom is 0.358 e. The number of aromatic carboxylic acids is 1. The molecule has 0 aliphatic heterocycles. The van der Waals surface area contributed by atoms with Crippen molar-refractivity contribution in [2.75, 3.05) is 6.54 Å². The Labute approximate surface area is 134 Å². The van der Waals surface area contributed by atoms with Gasteiger partial charge in [0.15, 0.2) is 5.69 Å². The number of nitrogens with zero attached hydrogens (tertiary/aromatic N) is 3. The smallest absolute Gasteiger partial charge is 0.358 e. The van der Waals surface area contributed by atoms with Crippen LogP contribution in [0.15, 0.2) is 18.3 Å². The molecule has 2 rings (SSSR count). The molecular formula is C16H20N4O3. The van der Waals surface area contributed by atoms with Crippen molar-refractivity contribution in [1.82, 2.24) is 20.3 Å². The normalized spacial score (nSPS) is 10.6. The quantitative estimate of drug-likeness (QED) is 0.836. The van der Waals surface area contributed by atoms with Crippen LogP contribution in [0.3, 0.4) is 0 Å². The van der Waals surface area contributed by atoms with Gasteiger partial charge in [0.1, 0.15) is 6.54 Å². The Balaban J connectivity index is 1.86.